The van der Waals surface area contributed by atoms with E-state index in [-0.39, 0.29) is 5.91 Å². The zero-order valence-corrected chi connectivity index (χ0v) is 13.0. The highest BCUT2D eigenvalue weighted by atomic mass is 32.2. The van der Waals surface area contributed by atoms with Crippen LogP contribution in [0.15, 0.2) is 40.0 Å². The topological polar surface area (TPSA) is 68.0 Å². The van der Waals surface area contributed by atoms with E-state index in [1.54, 1.807) is 0 Å². The molecular formula is C15H19N3O2S. The molecule has 0 aliphatic rings. The number of hydrogen-bond donors (Lipinski definition) is 1. The number of hydrogen-bond acceptors (Lipinski definition) is 5. The average Bonchev–Trinajstić information content (AvgIpc) is 2.91. The summed E-state index contributed by atoms with van der Waals surface area (Å²) in [6, 6.07) is 9.93. The third-order valence-corrected chi connectivity index (χ3v) is 3.50. The molecule has 1 amide bonds. The van der Waals surface area contributed by atoms with Crippen molar-refractivity contribution in [1.82, 2.24) is 15.5 Å². The number of carbonyl (C=O) groups is 1. The van der Waals surface area contributed by atoms with Crippen molar-refractivity contribution >= 4 is 17.7 Å². The molecule has 0 bridgehead atoms. The molecule has 0 saturated heterocycles. The van der Waals surface area contributed by atoms with Gasteiger partial charge in [0.25, 0.3) is 5.22 Å². The van der Waals surface area contributed by atoms with Crippen LogP contribution in [0.1, 0.15) is 25.3 Å². The molecular weight excluding hydrogens is 286 g/mol. The van der Waals surface area contributed by atoms with E-state index in [0.29, 0.717) is 35.7 Å². The van der Waals surface area contributed by atoms with Crippen molar-refractivity contribution in [2.24, 2.45) is 5.92 Å². The number of carbonyl (C=O) groups excluding carboxylic acids is 1. The summed E-state index contributed by atoms with van der Waals surface area (Å²) in [7, 11) is 0. The van der Waals surface area contributed by atoms with Gasteiger partial charge in [0.2, 0.25) is 11.8 Å². The fourth-order valence-electron chi connectivity index (χ4n) is 1.63. The van der Waals surface area contributed by atoms with Crippen molar-refractivity contribution in [3.05, 3.63) is 41.8 Å². The molecule has 1 heterocycles. The molecule has 2 aromatic rings. The molecule has 0 spiro atoms. The quantitative estimate of drug-likeness (QED) is 0.796. The van der Waals surface area contributed by atoms with Gasteiger partial charge in [-0.05, 0) is 11.5 Å². The Hall–Kier alpha value is -1.82. The first-order valence-corrected chi connectivity index (χ1v) is 7.88. The van der Waals surface area contributed by atoms with Gasteiger partial charge in [0.1, 0.15) is 0 Å². The van der Waals surface area contributed by atoms with Crippen LogP contribution < -0.4 is 5.32 Å². The minimum atomic E-state index is -0.0171. The maximum absolute atomic E-state index is 11.6. The zero-order chi connectivity index (χ0) is 15.1. The third-order valence-electron chi connectivity index (χ3n) is 2.68. The van der Waals surface area contributed by atoms with E-state index in [1.165, 1.54) is 11.8 Å². The van der Waals surface area contributed by atoms with Crippen molar-refractivity contribution < 1.29 is 9.21 Å². The lowest BCUT2D eigenvalue weighted by atomic mass is 10.2. The molecule has 0 atom stereocenters. The van der Waals surface area contributed by atoms with Crippen molar-refractivity contribution in [3.8, 4) is 0 Å². The Labute approximate surface area is 128 Å². The second-order valence-electron chi connectivity index (χ2n) is 5.11. The molecule has 112 valence electrons. The van der Waals surface area contributed by atoms with Crippen LogP contribution in [0.2, 0.25) is 0 Å². The van der Waals surface area contributed by atoms with E-state index < -0.39 is 0 Å². The summed E-state index contributed by atoms with van der Waals surface area (Å²) in [4.78, 5) is 11.6. The van der Waals surface area contributed by atoms with E-state index in [2.05, 4.69) is 29.4 Å². The van der Waals surface area contributed by atoms with E-state index in [0.717, 1.165) is 5.56 Å². The van der Waals surface area contributed by atoms with Crippen molar-refractivity contribution in [3.63, 3.8) is 0 Å². The Bertz CT molecular complexity index is 569. The highest BCUT2D eigenvalue weighted by Crippen LogP contribution is 2.17. The Morgan fingerprint density at radius 3 is 2.76 bits per heavy atom. The van der Waals surface area contributed by atoms with Gasteiger partial charge in [-0.3, -0.25) is 4.79 Å². The Balaban J connectivity index is 1.79. The largest absolute Gasteiger partial charge is 0.416 e. The second-order valence-corrected chi connectivity index (χ2v) is 6.04. The second kappa shape index (κ2) is 7.83. The van der Waals surface area contributed by atoms with Gasteiger partial charge in [0.15, 0.2) is 0 Å². The highest BCUT2D eigenvalue weighted by Gasteiger charge is 2.10. The normalized spacial score (nSPS) is 10.8. The van der Waals surface area contributed by atoms with Gasteiger partial charge in [-0.1, -0.05) is 55.9 Å². The number of nitrogens with one attached hydrogen (secondary N) is 1. The Morgan fingerprint density at radius 2 is 2.05 bits per heavy atom. The molecule has 0 saturated carbocycles. The number of rotatable bonds is 7. The lowest BCUT2D eigenvalue weighted by Gasteiger charge is -2.05. The summed E-state index contributed by atoms with van der Waals surface area (Å²) < 4.78 is 5.52. The van der Waals surface area contributed by atoms with Crippen LogP contribution in [0.25, 0.3) is 0 Å². The molecule has 21 heavy (non-hydrogen) atoms. The third kappa shape index (κ3) is 5.59. The summed E-state index contributed by atoms with van der Waals surface area (Å²) in [5.41, 5.74) is 1.12. The van der Waals surface area contributed by atoms with E-state index in [9.17, 15) is 4.79 Å². The lowest BCUT2D eigenvalue weighted by Crippen LogP contribution is -2.28. The number of thioether (sulfide) groups is 1. The molecule has 0 aliphatic heterocycles. The van der Waals surface area contributed by atoms with Crippen LogP contribution in [0, 0.1) is 5.92 Å². The molecule has 1 N–H and O–H groups in total. The molecule has 5 nitrogen and oxygen atoms in total. The molecule has 2 rings (SSSR count). The lowest BCUT2D eigenvalue weighted by molar-refractivity contribution is -0.118. The van der Waals surface area contributed by atoms with Crippen LogP contribution in [0.4, 0.5) is 0 Å². The number of amides is 1. The fraction of sp³-hybridized carbons (Fsp3) is 0.400. The Morgan fingerprint density at radius 1 is 1.29 bits per heavy atom. The van der Waals surface area contributed by atoms with Gasteiger partial charge in [0, 0.05) is 6.54 Å². The van der Waals surface area contributed by atoms with Gasteiger partial charge in [0.05, 0.1) is 12.2 Å². The van der Waals surface area contributed by atoms with E-state index >= 15 is 0 Å². The average molecular weight is 305 g/mol. The summed E-state index contributed by atoms with van der Waals surface area (Å²) >= 11 is 1.26. The minimum Gasteiger partial charge on any atom is -0.416 e. The summed E-state index contributed by atoms with van der Waals surface area (Å²) in [5, 5.41) is 11.2. The molecule has 0 aliphatic carbocycles. The first-order valence-electron chi connectivity index (χ1n) is 6.89. The number of aromatic nitrogens is 2. The summed E-state index contributed by atoms with van der Waals surface area (Å²) in [6.07, 6.45) is 0.605. The molecule has 6 heteroatoms. The first kappa shape index (κ1) is 15.6. The monoisotopic (exact) mass is 305 g/mol. The van der Waals surface area contributed by atoms with Crippen LogP contribution in [0.3, 0.4) is 0 Å². The van der Waals surface area contributed by atoms with Crippen LogP contribution in [0.5, 0.6) is 0 Å². The first-order chi connectivity index (χ1) is 10.1. The summed E-state index contributed by atoms with van der Waals surface area (Å²) in [5.74, 6) is 1.28. The number of benzene rings is 1. The van der Waals surface area contributed by atoms with Crippen molar-refractivity contribution in [2.75, 3.05) is 12.3 Å². The van der Waals surface area contributed by atoms with Gasteiger partial charge < -0.3 is 9.73 Å². The minimum absolute atomic E-state index is 0.0171. The molecule has 1 aromatic heterocycles. The van der Waals surface area contributed by atoms with Crippen molar-refractivity contribution in [2.45, 2.75) is 25.5 Å². The molecule has 1 aromatic carbocycles. The van der Waals surface area contributed by atoms with Crippen molar-refractivity contribution in [1.29, 1.82) is 0 Å². The van der Waals surface area contributed by atoms with Gasteiger partial charge in [-0.15, -0.1) is 10.2 Å². The predicted octanol–water partition coefficient (Wildman–Crippen LogP) is 2.52. The number of nitrogens with zero attached hydrogens (tertiary/aromatic N) is 2. The van der Waals surface area contributed by atoms with E-state index in [1.807, 2.05) is 30.3 Å². The maximum Gasteiger partial charge on any atom is 0.277 e. The van der Waals surface area contributed by atoms with Crippen LogP contribution in [-0.4, -0.2) is 28.4 Å². The molecule has 0 fully saturated rings. The van der Waals surface area contributed by atoms with Gasteiger partial charge in [-0.25, -0.2) is 0 Å². The zero-order valence-electron chi connectivity index (χ0n) is 12.2. The molecule has 0 unspecified atom stereocenters. The molecule has 0 radical (unpaired) electrons. The predicted molar refractivity (Wildman–Crippen MR) is 82.1 cm³/mol. The SMILES string of the molecule is CC(C)CNC(=O)CSc1nnc(Cc2ccccc2)o1. The van der Waals surface area contributed by atoms with Gasteiger partial charge in [-0.2, -0.15) is 0 Å². The van der Waals surface area contributed by atoms with Crippen LogP contribution in [-0.2, 0) is 11.2 Å². The fourth-order valence-corrected chi connectivity index (χ4v) is 2.25. The maximum atomic E-state index is 11.6. The highest BCUT2D eigenvalue weighted by molar-refractivity contribution is 7.99. The summed E-state index contributed by atoms with van der Waals surface area (Å²) in [6.45, 7) is 4.80. The van der Waals surface area contributed by atoms with Gasteiger partial charge >= 0.3 is 0 Å². The Kier molecular flexibility index (Phi) is 5.80. The smallest absolute Gasteiger partial charge is 0.277 e. The standard InChI is InChI=1S/C15H19N3O2S/c1-11(2)9-16-13(19)10-21-15-18-17-14(20-15)8-12-6-4-3-5-7-12/h3-7,11H,8-10H2,1-2H3,(H,16,19). The van der Waals surface area contributed by atoms with Crippen LogP contribution >= 0.6 is 11.8 Å². The van der Waals surface area contributed by atoms with E-state index in [4.69, 9.17) is 4.42 Å².